The van der Waals surface area contributed by atoms with Crippen LogP contribution in [-0.4, -0.2) is 41.9 Å². The highest BCUT2D eigenvalue weighted by Gasteiger charge is 2.35. The summed E-state index contributed by atoms with van der Waals surface area (Å²) >= 11 is 0.812. The molecular weight excluding hydrogens is 398 g/mol. The Morgan fingerprint density at radius 3 is 2.66 bits per heavy atom. The minimum atomic E-state index is -0.518. The molecule has 1 saturated heterocycles. The Labute approximate surface area is 170 Å². The number of rotatable bonds is 7. The van der Waals surface area contributed by atoms with Crippen LogP contribution in [0.3, 0.4) is 0 Å². The van der Waals surface area contributed by atoms with Gasteiger partial charge in [-0.25, -0.2) is 0 Å². The smallest absolute Gasteiger partial charge is 0.295 e. The van der Waals surface area contributed by atoms with Crippen LogP contribution < -0.4 is 14.8 Å². The molecule has 1 aliphatic rings. The van der Waals surface area contributed by atoms with Crippen LogP contribution in [0.2, 0.25) is 0 Å². The lowest BCUT2D eigenvalue weighted by molar-refractivity contribution is -0.384. The van der Waals surface area contributed by atoms with Crippen molar-refractivity contribution < 1.29 is 24.0 Å². The number of carbonyl (C=O) groups excluding carboxylic acids is 2. The van der Waals surface area contributed by atoms with Crippen molar-refractivity contribution >= 4 is 40.4 Å². The molecule has 1 fully saturated rings. The summed E-state index contributed by atoms with van der Waals surface area (Å²) in [5, 5.41) is 13.3. The normalized spacial score (nSPS) is 15.0. The van der Waals surface area contributed by atoms with E-state index in [9.17, 15) is 19.7 Å². The molecule has 2 aromatic rings. The lowest BCUT2D eigenvalue weighted by Gasteiger charge is -2.14. The molecule has 0 spiro atoms. The van der Waals surface area contributed by atoms with E-state index < -0.39 is 16.1 Å². The van der Waals surface area contributed by atoms with E-state index in [1.807, 2.05) is 0 Å². The molecule has 0 unspecified atom stereocenters. The Morgan fingerprint density at radius 1 is 1.17 bits per heavy atom. The first-order valence-corrected chi connectivity index (χ1v) is 9.20. The summed E-state index contributed by atoms with van der Waals surface area (Å²) in [6.45, 7) is -0.108. The van der Waals surface area contributed by atoms with Crippen molar-refractivity contribution in [1.82, 2.24) is 4.90 Å². The average molecular weight is 415 g/mol. The number of methoxy groups -OCH3 is 2. The molecule has 1 heterocycles. The lowest BCUT2D eigenvalue weighted by Crippen LogP contribution is -2.33. The zero-order valence-electron chi connectivity index (χ0n) is 15.6. The van der Waals surface area contributed by atoms with Gasteiger partial charge >= 0.3 is 0 Å². The summed E-state index contributed by atoms with van der Waals surface area (Å²) in [7, 11) is 3.04. The van der Waals surface area contributed by atoms with Crippen LogP contribution in [0, 0.1) is 10.1 Å². The van der Waals surface area contributed by atoms with Gasteiger partial charge in [0.1, 0.15) is 11.5 Å². The molecule has 29 heavy (non-hydrogen) atoms. The Hall–Kier alpha value is -3.53. The fraction of sp³-hybridized carbons (Fsp3) is 0.158. The summed E-state index contributed by atoms with van der Waals surface area (Å²) in [5.74, 6) is 0.648. The highest BCUT2D eigenvalue weighted by molar-refractivity contribution is 8.18. The summed E-state index contributed by atoms with van der Waals surface area (Å²) in [6, 6.07) is 11.0. The van der Waals surface area contributed by atoms with Gasteiger partial charge in [0.15, 0.2) is 0 Å². The van der Waals surface area contributed by atoms with Crippen molar-refractivity contribution in [2.24, 2.45) is 0 Å². The van der Waals surface area contributed by atoms with E-state index in [1.165, 1.54) is 32.4 Å². The summed E-state index contributed by atoms with van der Waals surface area (Å²) in [4.78, 5) is 36.5. The largest absolute Gasteiger partial charge is 0.497 e. The molecule has 1 N–H and O–H groups in total. The molecule has 0 aromatic heterocycles. The molecule has 10 heteroatoms. The number of carbonyl (C=O) groups is 2. The van der Waals surface area contributed by atoms with Crippen LogP contribution in [0.1, 0.15) is 5.56 Å². The van der Waals surface area contributed by atoms with E-state index >= 15 is 0 Å². The van der Waals surface area contributed by atoms with Gasteiger partial charge in [-0.1, -0.05) is 6.07 Å². The summed E-state index contributed by atoms with van der Waals surface area (Å²) in [6.07, 6.45) is 1.58. The predicted octanol–water partition coefficient (Wildman–Crippen LogP) is 3.72. The number of benzene rings is 2. The molecule has 0 aliphatic carbocycles. The Kier molecular flexibility index (Phi) is 6.03. The minimum absolute atomic E-state index is 0.0874. The maximum atomic E-state index is 12.6. The zero-order chi connectivity index (χ0) is 21.0. The van der Waals surface area contributed by atoms with Gasteiger partial charge in [0.25, 0.3) is 16.8 Å². The van der Waals surface area contributed by atoms with E-state index in [0.717, 1.165) is 16.7 Å². The second-order valence-electron chi connectivity index (χ2n) is 5.86. The average Bonchev–Trinajstić information content (AvgIpc) is 2.99. The van der Waals surface area contributed by atoms with Crippen molar-refractivity contribution in [2.75, 3.05) is 26.2 Å². The molecule has 0 radical (unpaired) electrons. The van der Waals surface area contributed by atoms with E-state index in [4.69, 9.17) is 9.47 Å². The fourth-order valence-corrected chi connectivity index (χ4v) is 3.44. The monoisotopic (exact) mass is 415 g/mol. The van der Waals surface area contributed by atoms with Gasteiger partial charge in [-0.15, -0.1) is 0 Å². The second kappa shape index (κ2) is 8.65. The molecule has 9 nitrogen and oxygen atoms in total. The minimum Gasteiger partial charge on any atom is -0.497 e. The van der Waals surface area contributed by atoms with Crippen LogP contribution in [0.15, 0.2) is 47.4 Å². The second-order valence-corrected chi connectivity index (χ2v) is 6.85. The number of amides is 2. The molecule has 0 bridgehead atoms. The molecule has 2 amide bonds. The van der Waals surface area contributed by atoms with Crippen LogP contribution in [-0.2, 0) is 4.79 Å². The third kappa shape index (κ3) is 4.49. The third-order valence-corrected chi connectivity index (χ3v) is 5.01. The molecule has 0 atom stereocenters. The number of non-ortho nitro benzene ring substituents is 1. The SMILES string of the molecule is COc1ccc(/C=C2\SC(=O)N(CNc3cccc([N+](=O)[O-])c3)C2=O)c(OC)c1. The van der Waals surface area contributed by atoms with Gasteiger partial charge in [0.2, 0.25) is 0 Å². The van der Waals surface area contributed by atoms with Gasteiger partial charge in [0, 0.05) is 29.4 Å². The van der Waals surface area contributed by atoms with Gasteiger partial charge in [-0.2, -0.15) is 0 Å². The van der Waals surface area contributed by atoms with E-state index in [0.29, 0.717) is 22.7 Å². The Morgan fingerprint density at radius 2 is 1.97 bits per heavy atom. The lowest BCUT2D eigenvalue weighted by atomic mass is 10.1. The number of nitro groups is 1. The van der Waals surface area contributed by atoms with Gasteiger partial charge in [-0.05, 0) is 36.0 Å². The maximum absolute atomic E-state index is 12.6. The number of nitrogens with zero attached hydrogens (tertiary/aromatic N) is 2. The first kappa shape index (κ1) is 20.2. The summed E-state index contributed by atoms with van der Waals surface area (Å²) in [5.41, 5.74) is 0.972. The number of nitrogens with one attached hydrogen (secondary N) is 1. The highest BCUT2D eigenvalue weighted by atomic mass is 32.2. The topological polar surface area (TPSA) is 111 Å². The van der Waals surface area contributed by atoms with Crippen molar-refractivity contribution in [2.45, 2.75) is 0 Å². The number of anilines is 1. The number of nitro benzene ring substituents is 1. The van der Waals surface area contributed by atoms with Crippen molar-refractivity contribution in [3.05, 3.63) is 63.0 Å². The Balaban J connectivity index is 1.75. The number of imide groups is 1. The van der Waals surface area contributed by atoms with Crippen LogP contribution in [0.5, 0.6) is 11.5 Å². The standard InChI is InChI=1S/C19H17N3O6S/c1-27-15-7-6-12(16(10-15)28-2)8-17-18(23)21(19(24)29-17)11-20-13-4-3-5-14(9-13)22(25)26/h3-10,20H,11H2,1-2H3/b17-8-. The molecule has 150 valence electrons. The van der Waals surface area contributed by atoms with Crippen molar-refractivity contribution in [3.8, 4) is 11.5 Å². The first-order valence-electron chi connectivity index (χ1n) is 8.38. The van der Waals surface area contributed by atoms with Gasteiger partial charge in [0.05, 0.1) is 30.7 Å². The van der Waals surface area contributed by atoms with Crippen LogP contribution >= 0.6 is 11.8 Å². The maximum Gasteiger partial charge on any atom is 0.295 e. The van der Waals surface area contributed by atoms with Crippen molar-refractivity contribution in [1.29, 1.82) is 0 Å². The fourth-order valence-electron chi connectivity index (χ4n) is 2.61. The van der Waals surface area contributed by atoms with Crippen LogP contribution in [0.25, 0.3) is 6.08 Å². The van der Waals surface area contributed by atoms with Crippen LogP contribution in [0.4, 0.5) is 16.2 Å². The number of thioether (sulfide) groups is 1. The molecule has 1 aliphatic heterocycles. The quantitative estimate of drug-likeness (QED) is 0.414. The molecule has 3 rings (SSSR count). The van der Waals surface area contributed by atoms with Gasteiger partial charge in [-0.3, -0.25) is 24.6 Å². The Bertz CT molecular complexity index is 1010. The predicted molar refractivity (Wildman–Crippen MR) is 109 cm³/mol. The van der Waals surface area contributed by atoms with Crippen molar-refractivity contribution in [3.63, 3.8) is 0 Å². The van der Waals surface area contributed by atoms with E-state index in [-0.39, 0.29) is 17.3 Å². The number of hydrogen-bond donors (Lipinski definition) is 1. The van der Waals surface area contributed by atoms with E-state index in [2.05, 4.69) is 5.32 Å². The number of hydrogen-bond acceptors (Lipinski definition) is 8. The molecule has 0 saturated carbocycles. The molecule has 2 aromatic carbocycles. The molecular formula is C19H17N3O6S. The highest BCUT2D eigenvalue weighted by Crippen LogP contribution is 2.35. The third-order valence-electron chi connectivity index (χ3n) is 4.10. The van der Waals surface area contributed by atoms with E-state index in [1.54, 1.807) is 30.3 Å². The van der Waals surface area contributed by atoms with Gasteiger partial charge < -0.3 is 14.8 Å². The summed E-state index contributed by atoms with van der Waals surface area (Å²) < 4.78 is 10.5. The first-order chi connectivity index (χ1) is 13.9. The zero-order valence-corrected chi connectivity index (χ0v) is 16.4. The number of ether oxygens (including phenoxy) is 2.